The molecule has 0 bridgehead atoms. The number of thioether (sulfide) groups is 1. The van der Waals surface area contributed by atoms with E-state index in [0.29, 0.717) is 18.7 Å². The Labute approximate surface area is 159 Å². The SMILES string of the molecule is O=C(CSc1nc(=O)n(CCCO)c2c1CCCC2)N1CCCCCC1. The molecule has 7 heteroatoms. The first-order chi connectivity index (χ1) is 12.7. The zero-order valence-corrected chi connectivity index (χ0v) is 16.2. The fourth-order valence-electron chi connectivity index (χ4n) is 3.87. The molecular weight excluding hydrogens is 350 g/mol. The van der Waals surface area contributed by atoms with Crippen LogP contribution in [0.25, 0.3) is 0 Å². The van der Waals surface area contributed by atoms with Crippen LogP contribution < -0.4 is 5.69 Å². The number of carbonyl (C=O) groups is 1. The lowest BCUT2D eigenvalue weighted by atomic mass is 9.97. The number of likely N-dealkylation sites (tertiary alicyclic amines) is 1. The molecule has 26 heavy (non-hydrogen) atoms. The van der Waals surface area contributed by atoms with Crippen LogP contribution in [0.3, 0.4) is 0 Å². The Bertz CT molecular complexity index is 681. The summed E-state index contributed by atoms with van der Waals surface area (Å²) >= 11 is 1.43. The van der Waals surface area contributed by atoms with Gasteiger partial charge in [-0.05, 0) is 44.9 Å². The summed E-state index contributed by atoms with van der Waals surface area (Å²) in [5.41, 5.74) is 1.96. The van der Waals surface area contributed by atoms with Gasteiger partial charge in [-0.1, -0.05) is 24.6 Å². The first-order valence-corrected chi connectivity index (χ1v) is 10.8. The van der Waals surface area contributed by atoms with Crippen LogP contribution in [0, 0.1) is 0 Å². The Kier molecular flexibility index (Phi) is 7.14. The first kappa shape index (κ1) is 19.4. The van der Waals surface area contributed by atoms with Gasteiger partial charge in [0.25, 0.3) is 0 Å². The van der Waals surface area contributed by atoms with Crippen molar-refractivity contribution < 1.29 is 9.90 Å². The maximum Gasteiger partial charge on any atom is 0.348 e. The quantitative estimate of drug-likeness (QED) is 0.604. The van der Waals surface area contributed by atoms with Crippen molar-refractivity contribution in [2.75, 3.05) is 25.4 Å². The second kappa shape index (κ2) is 9.55. The molecule has 6 nitrogen and oxygen atoms in total. The van der Waals surface area contributed by atoms with Crippen LogP contribution in [0.5, 0.6) is 0 Å². The van der Waals surface area contributed by atoms with Crippen molar-refractivity contribution in [3.05, 3.63) is 21.7 Å². The number of nitrogens with zero attached hydrogens (tertiary/aromatic N) is 3. The van der Waals surface area contributed by atoms with Gasteiger partial charge < -0.3 is 10.0 Å². The van der Waals surface area contributed by atoms with Crippen molar-refractivity contribution in [1.82, 2.24) is 14.5 Å². The van der Waals surface area contributed by atoms with Gasteiger partial charge in [-0.3, -0.25) is 9.36 Å². The zero-order valence-electron chi connectivity index (χ0n) is 15.4. The molecule has 2 aliphatic rings. The molecule has 1 saturated heterocycles. The highest BCUT2D eigenvalue weighted by molar-refractivity contribution is 7.99. The fourth-order valence-corrected chi connectivity index (χ4v) is 4.85. The number of carbonyl (C=O) groups excluding carboxylic acids is 1. The van der Waals surface area contributed by atoms with Gasteiger partial charge in [0.05, 0.1) is 5.75 Å². The van der Waals surface area contributed by atoms with Crippen LogP contribution in [-0.4, -0.2) is 50.9 Å². The van der Waals surface area contributed by atoms with Crippen LogP contribution in [0.4, 0.5) is 0 Å². The zero-order chi connectivity index (χ0) is 18.4. The summed E-state index contributed by atoms with van der Waals surface area (Å²) in [6.07, 6.45) is 9.13. The Morgan fingerprint density at radius 2 is 1.81 bits per heavy atom. The van der Waals surface area contributed by atoms with E-state index in [4.69, 9.17) is 5.11 Å². The molecule has 3 rings (SSSR count). The van der Waals surface area contributed by atoms with Crippen LogP contribution in [0.2, 0.25) is 0 Å². The third kappa shape index (κ3) is 4.68. The van der Waals surface area contributed by atoms with Gasteiger partial charge in [0.1, 0.15) is 5.03 Å². The lowest BCUT2D eigenvalue weighted by Crippen LogP contribution is -2.34. The highest BCUT2D eigenvalue weighted by Crippen LogP contribution is 2.28. The largest absolute Gasteiger partial charge is 0.396 e. The van der Waals surface area contributed by atoms with Gasteiger partial charge in [-0.15, -0.1) is 0 Å². The standard InChI is InChI=1S/C19H29N3O3S/c23-13-7-12-22-16-9-4-3-8-15(16)18(20-19(22)25)26-14-17(24)21-10-5-1-2-6-11-21/h23H,1-14H2. The number of aliphatic hydroxyl groups excluding tert-OH is 1. The molecule has 0 atom stereocenters. The van der Waals surface area contributed by atoms with E-state index in [2.05, 4.69) is 4.98 Å². The summed E-state index contributed by atoms with van der Waals surface area (Å²) < 4.78 is 1.73. The number of hydrogen-bond donors (Lipinski definition) is 1. The molecule has 144 valence electrons. The van der Waals surface area contributed by atoms with Gasteiger partial charge in [0.2, 0.25) is 5.91 Å². The second-order valence-corrected chi connectivity index (χ2v) is 8.11. The van der Waals surface area contributed by atoms with Crippen molar-refractivity contribution in [3.8, 4) is 0 Å². The predicted molar refractivity (Wildman–Crippen MR) is 103 cm³/mol. The van der Waals surface area contributed by atoms with Crippen molar-refractivity contribution >= 4 is 17.7 Å². The third-order valence-corrected chi connectivity index (χ3v) is 6.28. The van der Waals surface area contributed by atoms with Gasteiger partial charge in [-0.25, -0.2) is 4.79 Å². The van der Waals surface area contributed by atoms with Gasteiger partial charge in [0, 0.05) is 37.5 Å². The molecule has 1 aliphatic heterocycles. The minimum Gasteiger partial charge on any atom is -0.396 e. The molecule has 0 spiro atoms. The number of fused-ring (bicyclic) bond motifs is 1. The summed E-state index contributed by atoms with van der Waals surface area (Å²) in [7, 11) is 0. The first-order valence-electron chi connectivity index (χ1n) is 9.84. The van der Waals surface area contributed by atoms with Crippen molar-refractivity contribution in [3.63, 3.8) is 0 Å². The molecule has 0 aromatic carbocycles. The number of amides is 1. The van der Waals surface area contributed by atoms with E-state index in [1.807, 2.05) is 4.90 Å². The molecular formula is C19H29N3O3S. The van der Waals surface area contributed by atoms with Crippen molar-refractivity contribution in [2.24, 2.45) is 0 Å². The topological polar surface area (TPSA) is 75.4 Å². The highest BCUT2D eigenvalue weighted by atomic mass is 32.2. The maximum atomic E-state index is 12.6. The lowest BCUT2D eigenvalue weighted by molar-refractivity contribution is -0.128. The van der Waals surface area contributed by atoms with Gasteiger partial charge in [-0.2, -0.15) is 4.98 Å². The van der Waals surface area contributed by atoms with Crippen LogP contribution in [0.1, 0.15) is 56.2 Å². The van der Waals surface area contributed by atoms with E-state index < -0.39 is 0 Å². The molecule has 1 fully saturated rings. The minimum atomic E-state index is -0.246. The molecule has 1 aromatic heterocycles. The van der Waals surface area contributed by atoms with E-state index in [1.165, 1.54) is 24.6 Å². The lowest BCUT2D eigenvalue weighted by Gasteiger charge is -2.23. The summed E-state index contributed by atoms with van der Waals surface area (Å²) in [6, 6.07) is 0. The Balaban J connectivity index is 1.74. The van der Waals surface area contributed by atoms with E-state index in [1.54, 1.807) is 4.57 Å². The third-order valence-electron chi connectivity index (χ3n) is 5.28. The normalized spacial score (nSPS) is 17.7. The fraction of sp³-hybridized carbons (Fsp3) is 0.737. The van der Waals surface area contributed by atoms with Gasteiger partial charge >= 0.3 is 5.69 Å². The number of aromatic nitrogens is 2. The Morgan fingerprint density at radius 3 is 2.54 bits per heavy atom. The molecule has 1 aromatic rings. The van der Waals surface area contributed by atoms with E-state index in [0.717, 1.165) is 67.9 Å². The monoisotopic (exact) mass is 379 g/mol. The van der Waals surface area contributed by atoms with Crippen molar-refractivity contribution in [1.29, 1.82) is 0 Å². The van der Waals surface area contributed by atoms with Crippen LogP contribution in [0.15, 0.2) is 9.82 Å². The molecule has 2 heterocycles. The Hall–Kier alpha value is -1.34. The number of rotatable bonds is 6. The number of hydrogen-bond acceptors (Lipinski definition) is 5. The average molecular weight is 380 g/mol. The predicted octanol–water partition coefficient (Wildman–Crippen LogP) is 2.00. The number of aliphatic hydroxyl groups is 1. The van der Waals surface area contributed by atoms with Crippen LogP contribution >= 0.6 is 11.8 Å². The smallest absolute Gasteiger partial charge is 0.348 e. The summed E-state index contributed by atoms with van der Waals surface area (Å²) in [4.78, 5) is 31.3. The maximum absolute atomic E-state index is 12.6. The molecule has 1 aliphatic carbocycles. The molecule has 0 unspecified atom stereocenters. The summed E-state index contributed by atoms with van der Waals surface area (Å²) in [6.45, 7) is 2.30. The molecule has 1 N–H and O–H groups in total. The average Bonchev–Trinajstić information content (AvgIpc) is 2.95. The molecule has 0 radical (unpaired) electrons. The summed E-state index contributed by atoms with van der Waals surface area (Å²) in [5.74, 6) is 0.521. The minimum absolute atomic E-state index is 0.0715. The molecule has 0 saturated carbocycles. The molecule has 1 amide bonds. The second-order valence-electron chi connectivity index (χ2n) is 7.14. The van der Waals surface area contributed by atoms with Gasteiger partial charge in [0.15, 0.2) is 0 Å². The van der Waals surface area contributed by atoms with Crippen molar-refractivity contribution in [2.45, 2.75) is 69.4 Å². The Morgan fingerprint density at radius 1 is 1.08 bits per heavy atom. The van der Waals surface area contributed by atoms with Crippen LogP contribution in [-0.2, 0) is 24.2 Å². The van der Waals surface area contributed by atoms with E-state index in [9.17, 15) is 9.59 Å². The summed E-state index contributed by atoms with van der Waals surface area (Å²) in [5, 5.41) is 9.83. The van der Waals surface area contributed by atoms with E-state index in [-0.39, 0.29) is 18.2 Å². The highest BCUT2D eigenvalue weighted by Gasteiger charge is 2.22. The van der Waals surface area contributed by atoms with E-state index >= 15 is 0 Å².